The molecular weight excluding hydrogens is 302 g/mol. The highest BCUT2D eigenvalue weighted by molar-refractivity contribution is 5.80. The molecule has 0 bridgehead atoms. The van der Waals surface area contributed by atoms with Crippen molar-refractivity contribution in [2.24, 2.45) is 11.3 Å². The van der Waals surface area contributed by atoms with Gasteiger partial charge in [0.2, 0.25) is 0 Å². The summed E-state index contributed by atoms with van der Waals surface area (Å²) in [6.07, 6.45) is 4.86. The molecule has 1 aromatic carbocycles. The molecule has 4 rings (SSSR count). The van der Waals surface area contributed by atoms with Crippen molar-refractivity contribution in [3.8, 4) is 0 Å². The average Bonchev–Trinajstić information content (AvgIpc) is 3.01. The Morgan fingerprint density at radius 2 is 2.17 bits per heavy atom. The van der Waals surface area contributed by atoms with Gasteiger partial charge in [0.25, 0.3) is 0 Å². The van der Waals surface area contributed by atoms with Crippen molar-refractivity contribution in [2.45, 2.75) is 51.9 Å². The van der Waals surface area contributed by atoms with Gasteiger partial charge in [-0.25, -0.2) is 0 Å². The van der Waals surface area contributed by atoms with E-state index in [0.717, 1.165) is 25.0 Å². The lowest BCUT2D eigenvalue weighted by molar-refractivity contribution is -0.254. The van der Waals surface area contributed by atoms with Crippen molar-refractivity contribution in [3.05, 3.63) is 36.5 Å². The minimum Gasteiger partial charge on any atom is -0.461 e. The summed E-state index contributed by atoms with van der Waals surface area (Å²) in [5.41, 5.74) is 1.09. The van der Waals surface area contributed by atoms with E-state index in [1.807, 2.05) is 18.3 Å². The Kier molecular flexibility index (Phi) is 3.87. The van der Waals surface area contributed by atoms with Crippen LogP contribution < -0.4 is 0 Å². The molecule has 3 atom stereocenters. The van der Waals surface area contributed by atoms with Crippen LogP contribution in [-0.4, -0.2) is 29.4 Å². The van der Waals surface area contributed by atoms with Gasteiger partial charge in [-0.1, -0.05) is 32.0 Å². The molecule has 4 nitrogen and oxygen atoms in total. The Bertz CT molecular complexity index is 748. The van der Waals surface area contributed by atoms with E-state index in [2.05, 4.69) is 36.6 Å². The van der Waals surface area contributed by atoms with Crippen molar-refractivity contribution in [2.75, 3.05) is 6.61 Å². The Labute approximate surface area is 142 Å². The summed E-state index contributed by atoms with van der Waals surface area (Å²) >= 11 is 0. The average molecular weight is 327 g/mol. The predicted octanol–water partition coefficient (Wildman–Crippen LogP) is 3.78. The predicted molar refractivity (Wildman–Crippen MR) is 92.7 cm³/mol. The second-order valence-corrected chi connectivity index (χ2v) is 7.65. The maximum atomic E-state index is 12.4. The van der Waals surface area contributed by atoms with Gasteiger partial charge in [0.05, 0.1) is 12.5 Å². The van der Waals surface area contributed by atoms with Crippen LogP contribution in [-0.2, 0) is 20.8 Å². The lowest BCUT2D eigenvalue weighted by atomic mass is 9.57. The number of hydrogen-bond acceptors (Lipinski definition) is 3. The van der Waals surface area contributed by atoms with Crippen molar-refractivity contribution < 1.29 is 14.3 Å². The van der Waals surface area contributed by atoms with Crippen LogP contribution in [0.1, 0.15) is 33.1 Å². The number of nitrogens with zero attached hydrogens (tertiary/aromatic N) is 1. The summed E-state index contributed by atoms with van der Waals surface area (Å²) in [6.45, 7) is 5.80. The minimum absolute atomic E-state index is 0.00305. The molecule has 0 N–H and O–H groups in total. The van der Waals surface area contributed by atoms with E-state index in [0.29, 0.717) is 18.9 Å². The number of para-hydroxylation sites is 1. The van der Waals surface area contributed by atoms with Gasteiger partial charge >= 0.3 is 5.97 Å². The van der Waals surface area contributed by atoms with Gasteiger partial charge in [-0.15, -0.1) is 0 Å². The smallest absolute Gasteiger partial charge is 0.307 e. The minimum atomic E-state index is -0.102. The van der Waals surface area contributed by atoms with Crippen LogP contribution in [0.4, 0.5) is 0 Å². The standard InChI is InChI=1S/C20H25NO3/c1-20(2)18-15(7-5-13-23-18)19(20)24-17(22)10-12-21-11-9-14-6-3-4-8-16(14)21/h3-4,6,8-9,11,15,18-19H,5,7,10,12-13H2,1-2H3/t15-,18-,19+/m1/s1. The number of aryl methyl sites for hydroxylation is 1. The third-order valence-electron chi connectivity index (χ3n) is 5.72. The number of benzene rings is 1. The molecule has 1 aliphatic carbocycles. The zero-order valence-corrected chi connectivity index (χ0v) is 14.4. The topological polar surface area (TPSA) is 40.5 Å². The van der Waals surface area contributed by atoms with Gasteiger partial charge in [-0.3, -0.25) is 4.79 Å². The Balaban J connectivity index is 1.37. The van der Waals surface area contributed by atoms with Gasteiger partial charge in [-0.05, 0) is 30.4 Å². The Hall–Kier alpha value is -1.81. The quantitative estimate of drug-likeness (QED) is 0.803. The van der Waals surface area contributed by atoms with Crippen LogP contribution in [0.2, 0.25) is 0 Å². The number of ether oxygens (including phenoxy) is 2. The number of rotatable bonds is 4. The molecule has 1 saturated carbocycles. The first-order valence-corrected chi connectivity index (χ1v) is 8.92. The number of esters is 1. The zero-order valence-electron chi connectivity index (χ0n) is 14.4. The van der Waals surface area contributed by atoms with Gasteiger partial charge in [0.1, 0.15) is 6.10 Å². The van der Waals surface area contributed by atoms with Crippen LogP contribution in [0.5, 0.6) is 0 Å². The van der Waals surface area contributed by atoms with E-state index < -0.39 is 0 Å². The number of aromatic nitrogens is 1. The summed E-state index contributed by atoms with van der Waals surface area (Å²) in [7, 11) is 0. The summed E-state index contributed by atoms with van der Waals surface area (Å²) in [5, 5.41) is 1.20. The fraction of sp³-hybridized carbons (Fsp3) is 0.550. The SMILES string of the molecule is CC1(C)[C@@H]2OCCC[C@H]2[C@@H]1OC(=O)CCn1ccc2ccccc21. The molecule has 0 spiro atoms. The molecule has 2 aliphatic rings. The lowest BCUT2D eigenvalue weighted by Gasteiger charge is -2.58. The highest BCUT2D eigenvalue weighted by Crippen LogP contribution is 2.53. The Morgan fingerprint density at radius 1 is 1.33 bits per heavy atom. The van der Waals surface area contributed by atoms with Crippen molar-refractivity contribution in [3.63, 3.8) is 0 Å². The van der Waals surface area contributed by atoms with Crippen molar-refractivity contribution in [1.29, 1.82) is 0 Å². The third kappa shape index (κ3) is 2.53. The third-order valence-corrected chi connectivity index (χ3v) is 5.72. The monoisotopic (exact) mass is 327 g/mol. The van der Waals surface area contributed by atoms with E-state index in [-0.39, 0.29) is 23.6 Å². The van der Waals surface area contributed by atoms with Gasteiger partial charge in [0.15, 0.2) is 0 Å². The highest BCUT2D eigenvalue weighted by atomic mass is 16.6. The van der Waals surface area contributed by atoms with Crippen LogP contribution in [0.15, 0.2) is 36.5 Å². The van der Waals surface area contributed by atoms with Gasteiger partial charge in [0, 0.05) is 36.2 Å². The summed E-state index contributed by atoms with van der Waals surface area (Å²) in [5.74, 6) is 0.278. The summed E-state index contributed by atoms with van der Waals surface area (Å²) in [6, 6.07) is 10.3. The van der Waals surface area contributed by atoms with Crippen LogP contribution in [0.3, 0.4) is 0 Å². The lowest BCUT2D eigenvalue weighted by Crippen LogP contribution is -2.65. The van der Waals surface area contributed by atoms with Gasteiger partial charge < -0.3 is 14.0 Å². The van der Waals surface area contributed by atoms with Crippen molar-refractivity contribution in [1.82, 2.24) is 4.57 Å². The van der Waals surface area contributed by atoms with Gasteiger partial charge in [-0.2, -0.15) is 0 Å². The molecule has 2 heterocycles. The fourth-order valence-corrected chi connectivity index (χ4v) is 4.46. The first-order valence-electron chi connectivity index (χ1n) is 8.92. The fourth-order valence-electron chi connectivity index (χ4n) is 4.46. The number of carbonyl (C=O) groups is 1. The second kappa shape index (κ2) is 5.92. The first-order chi connectivity index (χ1) is 11.6. The second-order valence-electron chi connectivity index (χ2n) is 7.65. The van der Waals surface area contributed by atoms with E-state index in [9.17, 15) is 4.79 Å². The highest BCUT2D eigenvalue weighted by Gasteiger charge is 2.60. The van der Waals surface area contributed by atoms with E-state index in [1.54, 1.807) is 0 Å². The molecule has 128 valence electrons. The molecule has 0 amide bonds. The van der Waals surface area contributed by atoms with E-state index >= 15 is 0 Å². The normalized spacial score (nSPS) is 28.2. The van der Waals surface area contributed by atoms with Crippen LogP contribution in [0, 0.1) is 11.3 Å². The van der Waals surface area contributed by atoms with Crippen molar-refractivity contribution >= 4 is 16.9 Å². The molecule has 2 aromatic rings. The maximum Gasteiger partial charge on any atom is 0.307 e. The molecule has 4 heteroatoms. The van der Waals surface area contributed by atoms with E-state index in [4.69, 9.17) is 9.47 Å². The zero-order chi connectivity index (χ0) is 16.7. The number of hydrogen-bond donors (Lipinski definition) is 0. The number of fused-ring (bicyclic) bond motifs is 2. The van der Waals surface area contributed by atoms with Crippen LogP contribution in [0.25, 0.3) is 10.9 Å². The molecule has 0 unspecified atom stereocenters. The molecule has 2 fully saturated rings. The van der Waals surface area contributed by atoms with E-state index in [1.165, 1.54) is 5.39 Å². The number of carbonyl (C=O) groups excluding carboxylic acids is 1. The molecular formula is C20H25NO3. The first kappa shape index (κ1) is 15.7. The summed E-state index contributed by atoms with van der Waals surface area (Å²) < 4.78 is 13.8. The summed E-state index contributed by atoms with van der Waals surface area (Å²) in [4.78, 5) is 12.4. The molecule has 24 heavy (non-hydrogen) atoms. The maximum absolute atomic E-state index is 12.4. The largest absolute Gasteiger partial charge is 0.461 e. The molecule has 1 saturated heterocycles. The molecule has 1 aliphatic heterocycles. The molecule has 1 aromatic heterocycles. The van der Waals surface area contributed by atoms with Crippen LogP contribution >= 0.6 is 0 Å². The Morgan fingerprint density at radius 3 is 3.04 bits per heavy atom. The molecule has 0 radical (unpaired) electrons.